The number of benzene rings is 1. The molecule has 1 N–H and O–H groups in total. The molecule has 3 nitrogen and oxygen atoms in total. The standard InChI is InChI=1S/C16H24N2O/c1-12-11-18(4)13(2)10-16(12,17-14(3)19)15-8-6-5-7-9-15/h5-9,12-13H,10-11H2,1-4H3,(H,17,19). The molecule has 104 valence electrons. The number of carbonyl (C=O) groups is 1. The second kappa shape index (κ2) is 5.33. The van der Waals surface area contributed by atoms with Crippen LogP contribution in [0.5, 0.6) is 0 Å². The summed E-state index contributed by atoms with van der Waals surface area (Å²) in [5, 5.41) is 3.25. The quantitative estimate of drug-likeness (QED) is 0.885. The second-order valence-corrected chi connectivity index (χ2v) is 5.91. The van der Waals surface area contributed by atoms with Crippen LogP contribution in [0.25, 0.3) is 0 Å². The number of rotatable bonds is 2. The van der Waals surface area contributed by atoms with Crippen LogP contribution in [0.15, 0.2) is 30.3 Å². The van der Waals surface area contributed by atoms with Crippen LogP contribution in [-0.4, -0.2) is 30.4 Å². The average molecular weight is 260 g/mol. The lowest BCUT2D eigenvalue weighted by atomic mass is 9.71. The molecular weight excluding hydrogens is 236 g/mol. The van der Waals surface area contributed by atoms with Crippen LogP contribution in [0.3, 0.4) is 0 Å². The van der Waals surface area contributed by atoms with Crippen LogP contribution in [0, 0.1) is 5.92 Å². The Bertz CT molecular complexity index is 445. The highest BCUT2D eigenvalue weighted by molar-refractivity contribution is 5.74. The lowest BCUT2D eigenvalue weighted by molar-refractivity contribution is -0.123. The Hall–Kier alpha value is -1.35. The van der Waals surface area contributed by atoms with Gasteiger partial charge in [-0.05, 0) is 31.9 Å². The van der Waals surface area contributed by atoms with E-state index in [1.54, 1.807) is 6.92 Å². The Morgan fingerprint density at radius 1 is 1.32 bits per heavy atom. The zero-order valence-electron chi connectivity index (χ0n) is 12.3. The minimum absolute atomic E-state index is 0.0486. The van der Waals surface area contributed by atoms with Crippen molar-refractivity contribution in [2.24, 2.45) is 5.92 Å². The Morgan fingerprint density at radius 2 is 1.95 bits per heavy atom. The van der Waals surface area contributed by atoms with Crippen LogP contribution < -0.4 is 5.32 Å². The molecule has 0 bridgehead atoms. The summed E-state index contributed by atoms with van der Waals surface area (Å²) in [5.41, 5.74) is 0.983. The number of hydrogen-bond donors (Lipinski definition) is 1. The first-order valence-electron chi connectivity index (χ1n) is 7.00. The topological polar surface area (TPSA) is 32.3 Å². The van der Waals surface area contributed by atoms with Crippen molar-refractivity contribution in [3.63, 3.8) is 0 Å². The van der Waals surface area contributed by atoms with Crippen molar-refractivity contribution in [3.05, 3.63) is 35.9 Å². The monoisotopic (exact) mass is 260 g/mol. The van der Waals surface area contributed by atoms with E-state index in [9.17, 15) is 4.79 Å². The number of piperidine rings is 1. The van der Waals surface area contributed by atoms with Gasteiger partial charge in [0, 0.05) is 19.5 Å². The highest BCUT2D eigenvalue weighted by Gasteiger charge is 2.44. The van der Waals surface area contributed by atoms with Gasteiger partial charge in [0.1, 0.15) is 0 Å². The van der Waals surface area contributed by atoms with Crippen molar-refractivity contribution in [2.75, 3.05) is 13.6 Å². The van der Waals surface area contributed by atoms with E-state index in [2.05, 4.69) is 55.4 Å². The van der Waals surface area contributed by atoms with Crippen molar-refractivity contribution in [1.82, 2.24) is 10.2 Å². The predicted octanol–water partition coefficient (Wildman–Crippen LogP) is 2.38. The highest BCUT2D eigenvalue weighted by atomic mass is 16.1. The van der Waals surface area contributed by atoms with Crippen molar-refractivity contribution in [3.8, 4) is 0 Å². The molecule has 1 aliphatic heterocycles. The Morgan fingerprint density at radius 3 is 2.53 bits per heavy atom. The minimum atomic E-state index is -0.237. The maximum Gasteiger partial charge on any atom is 0.217 e. The van der Waals surface area contributed by atoms with Crippen LogP contribution in [0.4, 0.5) is 0 Å². The molecule has 3 heteroatoms. The molecule has 1 amide bonds. The Labute approximate surface area is 116 Å². The molecule has 0 saturated carbocycles. The molecule has 3 atom stereocenters. The summed E-state index contributed by atoms with van der Waals surface area (Å²) in [5.74, 6) is 0.437. The number of nitrogens with one attached hydrogen (secondary N) is 1. The van der Waals surface area contributed by atoms with Crippen molar-refractivity contribution in [2.45, 2.75) is 38.8 Å². The molecule has 3 unspecified atom stereocenters. The first-order valence-corrected chi connectivity index (χ1v) is 7.00. The molecule has 2 rings (SSSR count). The fraction of sp³-hybridized carbons (Fsp3) is 0.562. The summed E-state index contributed by atoms with van der Waals surface area (Å²) >= 11 is 0. The Kier molecular flexibility index (Phi) is 3.95. The van der Waals surface area contributed by atoms with Crippen LogP contribution in [0.2, 0.25) is 0 Å². The van der Waals surface area contributed by atoms with E-state index in [0.29, 0.717) is 12.0 Å². The average Bonchev–Trinajstić information content (AvgIpc) is 2.36. The van der Waals surface area contributed by atoms with Crippen LogP contribution in [-0.2, 0) is 10.3 Å². The number of amides is 1. The Balaban J connectivity index is 2.43. The maximum absolute atomic E-state index is 11.7. The van der Waals surface area contributed by atoms with Gasteiger partial charge in [0.2, 0.25) is 5.91 Å². The van der Waals surface area contributed by atoms with Gasteiger partial charge >= 0.3 is 0 Å². The van der Waals surface area contributed by atoms with E-state index >= 15 is 0 Å². The van der Waals surface area contributed by atoms with E-state index in [-0.39, 0.29) is 11.4 Å². The summed E-state index contributed by atoms with van der Waals surface area (Å²) in [6, 6.07) is 10.8. The number of carbonyl (C=O) groups excluding carboxylic acids is 1. The lowest BCUT2D eigenvalue weighted by Crippen LogP contribution is -2.59. The third kappa shape index (κ3) is 2.66. The van der Waals surface area contributed by atoms with Crippen LogP contribution >= 0.6 is 0 Å². The first-order chi connectivity index (χ1) is 8.95. The van der Waals surface area contributed by atoms with Gasteiger partial charge in [0.25, 0.3) is 0 Å². The molecule has 1 heterocycles. The van der Waals surface area contributed by atoms with Gasteiger partial charge in [0.05, 0.1) is 5.54 Å². The number of likely N-dealkylation sites (tertiary alicyclic amines) is 1. The van der Waals surface area contributed by atoms with Gasteiger partial charge in [0.15, 0.2) is 0 Å². The summed E-state index contributed by atoms with van der Waals surface area (Å²) in [7, 11) is 2.16. The van der Waals surface area contributed by atoms with Crippen molar-refractivity contribution in [1.29, 1.82) is 0 Å². The molecule has 1 fully saturated rings. The molecule has 1 aliphatic rings. The second-order valence-electron chi connectivity index (χ2n) is 5.91. The molecule has 19 heavy (non-hydrogen) atoms. The summed E-state index contributed by atoms with van der Waals surface area (Å²) in [4.78, 5) is 14.1. The van der Waals surface area contributed by atoms with E-state index in [1.807, 2.05) is 6.07 Å². The zero-order chi connectivity index (χ0) is 14.0. The predicted molar refractivity (Wildman–Crippen MR) is 77.8 cm³/mol. The first kappa shape index (κ1) is 14.1. The van der Waals surface area contributed by atoms with Gasteiger partial charge in [-0.1, -0.05) is 37.3 Å². The smallest absolute Gasteiger partial charge is 0.217 e. The maximum atomic E-state index is 11.7. The highest BCUT2D eigenvalue weighted by Crippen LogP contribution is 2.39. The molecule has 0 aliphatic carbocycles. The molecule has 1 aromatic carbocycles. The fourth-order valence-electron chi connectivity index (χ4n) is 3.29. The molecule has 1 aromatic rings. The van der Waals surface area contributed by atoms with Gasteiger partial charge in [-0.15, -0.1) is 0 Å². The van der Waals surface area contributed by atoms with Gasteiger partial charge < -0.3 is 10.2 Å². The molecule has 0 radical (unpaired) electrons. The summed E-state index contributed by atoms with van der Waals surface area (Å²) < 4.78 is 0. The zero-order valence-corrected chi connectivity index (χ0v) is 12.3. The number of hydrogen-bond acceptors (Lipinski definition) is 2. The van der Waals surface area contributed by atoms with E-state index in [1.165, 1.54) is 5.56 Å². The van der Waals surface area contributed by atoms with E-state index in [4.69, 9.17) is 0 Å². The van der Waals surface area contributed by atoms with Crippen molar-refractivity contribution >= 4 is 5.91 Å². The fourth-order valence-corrected chi connectivity index (χ4v) is 3.29. The molecule has 0 aromatic heterocycles. The van der Waals surface area contributed by atoms with Crippen LogP contribution in [0.1, 0.15) is 32.8 Å². The SMILES string of the molecule is CC(=O)NC1(c2ccccc2)CC(C)N(C)CC1C. The third-order valence-electron chi connectivity index (χ3n) is 4.46. The largest absolute Gasteiger partial charge is 0.346 e. The normalized spacial score (nSPS) is 32.0. The summed E-state index contributed by atoms with van der Waals surface area (Å²) in [6.45, 7) is 7.06. The minimum Gasteiger partial charge on any atom is -0.346 e. The van der Waals surface area contributed by atoms with Crippen molar-refractivity contribution < 1.29 is 4.79 Å². The van der Waals surface area contributed by atoms with Gasteiger partial charge in [-0.2, -0.15) is 0 Å². The summed E-state index contributed by atoms with van der Waals surface area (Å²) in [6.07, 6.45) is 0.953. The van der Waals surface area contributed by atoms with Gasteiger partial charge in [-0.25, -0.2) is 0 Å². The number of nitrogens with zero attached hydrogens (tertiary/aromatic N) is 1. The van der Waals surface area contributed by atoms with E-state index < -0.39 is 0 Å². The molecule has 1 saturated heterocycles. The molecular formula is C16H24N2O. The van der Waals surface area contributed by atoms with E-state index in [0.717, 1.165) is 13.0 Å². The van der Waals surface area contributed by atoms with Gasteiger partial charge in [-0.3, -0.25) is 4.79 Å². The molecule has 0 spiro atoms. The third-order valence-corrected chi connectivity index (χ3v) is 4.46. The lowest BCUT2D eigenvalue weighted by Gasteiger charge is -2.49.